The van der Waals surface area contributed by atoms with Crippen molar-refractivity contribution in [3.05, 3.63) is 23.4 Å². The molecule has 0 amide bonds. The van der Waals surface area contributed by atoms with E-state index in [-0.39, 0.29) is 0 Å². The van der Waals surface area contributed by atoms with E-state index in [1.54, 1.807) is 6.34 Å². The molecule has 0 saturated carbocycles. The largest absolute Gasteiger partial charge is 0.334 e. The van der Waals surface area contributed by atoms with Crippen molar-refractivity contribution in [2.45, 2.75) is 20.3 Å². The number of fused-ring (bicyclic) bond motifs is 1. The lowest BCUT2D eigenvalue weighted by atomic mass is 9.90. The average molecular weight is 189 g/mol. The number of aliphatic imine (C=N–C) groups is 2. The minimum Gasteiger partial charge on any atom is -0.334 e. The molecule has 0 saturated heterocycles. The van der Waals surface area contributed by atoms with Crippen LogP contribution in [0.2, 0.25) is 0 Å². The maximum Gasteiger partial charge on any atom is 0.111 e. The Morgan fingerprint density at radius 2 is 2.43 bits per heavy atom. The first kappa shape index (κ1) is 9.19. The van der Waals surface area contributed by atoms with Crippen molar-refractivity contribution in [2.75, 3.05) is 6.54 Å². The number of nitrogens with one attached hydrogen (secondary N) is 1. The fourth-order valence-corrected chi connectivity index (χ4v) is 1.81. The van der Waals surface area contributed by atoms with Crippen LogP contribution in [0.1, 0.15) is 20.3 Å². The molecule has 1 N–H and O–H groups in total. The van der Waals surface area contributed by atoms with Crippen molar-refractivity contribution >= 4 is 12.2 Å². The lowest BCUT2D eigenvalue weighted by Gasteiger charge is -2.25. The van der Waals surface area contributed by atoms with E-state index in [2.05, 4.69) is 41.3 Å². The summed E-state index contributed by atoms with van der Waals surface area (Å²) in [7, 11) is 0. The molecule has 1 unspecified atom stereocenters. The highest BCUT2D eigenvalue weighted by Gasteiger charge is 2.24. The van der Waals surface area contributed by atoms with Gasteiger partial charge in [0.15, 0.2) is 0 Å². The molecular weight excluding hydrogens is 174 g/mol. The number of hydrogen-bond acceptors (Lipinski definition) is 2. The Balaban J connectivity index is 2.31. The van der Waals surface area contributed by atoms with Crippen molar-refractivity contribution in [3.8, 4) is 0 Å². The third kappa shape index (κ3) is 1.62. The van der Waals surface area contributed by atoms with E-state index in [9.17, 15) is 0 Å². The second kappa shape index (κ2) is 3.78. The molecule has 0 bridgehead atoms. The van der Waals surface area contributed by atoms with Crippen LogP contribution in [0, 0.1) is 5.92 Å². The molecular formula is C11H15N3. The highest BCUT2D eigenvalue weighted by atomic mass is 15.1. The van der Waals surface area contributed by atoms with Gasteiger partial charge in [0.1, 0.15) is 5.84 Å². The van der Waals surface area contributed by atoms with Crippen molar-refractivity contribution in [3.63, 3.8) is 0 Å². The lowest BCUT2D eigenvalue weighted by Crippen LogP contribution is -2.35. The predicted molar refractivity (Wildman–Crippen MR) is 59.6 cm³/mol. The van der Waals surface area contributed by atoms with Crippen molar-refractivity contribution in [1.29, 1.82) is 0 Å². The summed E-state index contributed by atoms with van der Waals surface area (Å²) in [5, 5.41) is 3.13. The van der Waals surface area contributed by atoms with Gasteiger partial charge in [-0.3, -0.25) is 4.99 Å². The van der Waals surface area contributed by atoms with Crippen LogP contribution in [0.25, 0.3) is 0 Å². The molecule has 0 fully saturated rings. The van der Waals surface area contributed by atoms with Crippen LogP contribution in [0.3, 0.4) is 0 Å². The van der Waals surface area contributed by atoms with Gasteiger partial charge in [0, 0.05) is 6.54 Å². The monoisotopic (exact) mass is 189 g/mol. The molecule has 1 aliphatic heterocycles. The van der Waals surface area contributed by atoms with Crippen molar-refractivity contribution in [1.82, 2.24) is 5.32 Å². The van der Waals surface area contributed by atoms with Gasteiger partial charge < -0.3 is 5.32 Å². The van der Waals surface area contributed by atoms with Gasteiger partial charge in [-0.15, -0.1) is 0 Å². The van der Waals surface area contributed by atoms with E-state index in [1.165, 1.54) is 5.57 Å². The van der Waals surface area contributed by atoms with E-state index in [0.29, 0.717) is 5.92 Å². The molecule has 0 aromatic heterocycles. The fraction of sp³-hybridized carbons (Fsp3) is 0.455. The van der Waals surface area contributed by atoms with E-state index in [0.717, 1.165) is 24.5 Å². The Morgan fingerprint density at radius 1 is 1.57 bits per heavy atom. The maximum absolute atomic E-state index is 4.45. The Labute approximate surface area is 84.3 Å². The summed E-state index contributed by atoms with van der Waals surface area (Å²) in [6.45, 7) is 5.02. The summed E-state index contributed by atoms with van der Waals surface area (Å²) in [6.07, 6.45) is 6.99. The third-order valence-electron chi connectivity index (χ3n) is 2.51. The summed E-state index contributed by atoms with van der Waals surface area (Å²) in [5.41, 5.74) is 2.52. The van der Waals surface area contributed by atoms with E-state index in [4.69, 9.17) is 0 Å². The molecule has 0 aromatic carbocycles. The molecule has 0 radical (unpaired) electrons. The van der Waals surface area contributed by atoms with Gasteiger partial charge in [-0.25, -0.2) is 4.99 Å². The second-order valence-electron chi connectivity index (χ2n) is 3.62. The van der Waals surface area contributed by atoms with Gasteiger partial charge in [0.25, 0.3) is 0 Å². The van der Waals surface area contributed by atoms with Crippen molar-refractivity contribution < 1.29 is 0 Å². The Kier molecular flexibility index (Phi) is 2.48. The first-order valence-corrected chi connectivity index (χ1v) is 5.02. The Morgan fingerprint density at radius 3 is 3.21 bits per heavy atom. The molecule has 0 aromatic rings. The number of nitrogens with zero attached hydrogens (tertiary/aromatic N) is 2. The minimum atomic E-state index is 0.352. The molecule has 1 heterocycles. The molecule has 2 aliphatic rings. The normalized spacial score (nSPS) is 27.9. The topological polar surface area (TPSA) is 36.8 Å². The maximum atomic E-state index is 4.45. The molecule has 2 rings (SSSR count). The summed E-state index contributed by atoms with van der Waals surface area (Å²) < 4.78 is 0. The van der Waals surface area contributed by atoms with Crippen LogP contribution < -0.4 is 5.32 Å². The number of rotatable bonds is 1. The zero-order chi connectivity index (χ0) is 9.97. The average Bonchev–Trinajstić information content (AvgIpc) is 2.19. The van der Waals surface area contributed by atoms with E-state index < -0.39 is 0 Å². The summed E-state index contributed by atoms with van der Waals surface area (Å²) in [4.78, 5) is 8.77. The highest BCUT2D eigenvalue weighted by molar-refractivity contribution is 5.98. The summed E-state index contributed by atoms with van der Waals surface area (Å²) in [6, 6.07) is 0. The molecule has 0 spiro atoms. The van der Waals surface area contributed by atoms with Gasteiger partial charge >= 0.3 is 0 Å². The molecule has 74 valence electrons. The van der Waals surface area contributed by atoms with Crippen LogP contribution in [0.5, 0.6) is 0 Å². The SMILES string of the molecule is CCN=C1NC=NC2=CC=C(C)CC21. The molecule has 3 nitrogen and oxygen atoms in total. The smallest absolute Gasteiger partial charge is 0.111 e. The number of hydrogen-bond donors (Lipinski definition) is 1. The molecule has 1 atom stereocenters. The predicted octanol–water partition coefficient (Wildman–Crippen LogP) is 1.89. The highest BCUT2D eigenvalue weighted by Crippen LogP contribution is 2.27. The van der Waals surface area contributed by atoms with Crippen molar-refractivity contribution in [2.24, 2.45) is 15.9 Å². The first-order valence-electron chi connectivity index (χ1n) is 5.02. The number of amidine groups is 1. The fourth-order valence-electron chi connectivity index (χ4n) is 1.81. The molecule has 3 heteroatoms. The first-order chi connectivity index (χ1) is 6.81. The van der Waals surface area contributed by atoms with Gasteiger partial charge in [-0.2, -0.15) is 0 Å². The van der Waals surface area contributed by atoms with Gasteiger partial charge in [0.05, 0.1) is 18.0 Å². The zero-order valence-corrected chi connectivity index (χ0v) is 8.62. The van der Waals surface area contributed by atoms with Crippen LogP contribution in [-0.4, -0.2) is 18.7 Å². The minimum absolute atomic E-state index is 0.352. The summed E-state index contributed by atoms with van der Waals surface area (Å²) >= 11 is 0. The Hall–Kier alpha value is -1.38. The van der Waals surface area contributed by atoms with Gasteiger partial charge in [0.2, 0.25) is 0 Å². The van der Waals surface area contributed by atoms with E-state index >= 15 is 0 Å². The Bertz CT molecular complexity index is 348. The third-order valence-corrected chi connectivity index (χ3v) is 2.51. The molecule has 1 aliphatic carbocycles. The summed E-state index contributed by atoms with van der Waals surface area (Å²) in [5.74, 6) is 1.41. The molecule has 14 heavy (non-hydrogen) atoms. The lowest BCUT2D eigenvalue weighted by molar-refractivity contribution is 0.731. The quantitative estimate of drug-likeness (QED) is 0.672. The van der Waals surface area contributed by atoms with Crippen LogP contribution in [0.15, 0.2) is 33.4 Å². The number of allylic oxidation sites excluding steroid dienone is 3. The second-order valence-corrected chi connectivity index (χ2v) is 3.62. The van der Waals surface area contributed by atoms with Crippen LogP contribution in [0.4, 0.5) is 0 Å². The van der Waals surface area contributed by atoms with E-state index in [1.807, 2.05) is 0 Å². The van der Waals surface area contributed by atoms with Gasteiger partial charge in [-0.1, -0.05) is 11.6 Å². The van der Waals surface area contributed by atoms with Crippen LogP contribution >= 0.6 is 0 Å². The van der Waals surface area contributed by atoms with Crippen LogP contribution in [-0.2, 0) is 0 Å². The van der Waals surface area contributed by atoms with Gasteiger partial charge in [-0.05, 0) is 26.3 Å². The standard InChI is InChI=1S/C11H15N3/c1-3-12-11-9-6-8(2)4-5-10(9)13-7-14-11/h4-5,7,9H,3,6H2,1-2H3,(H,12,13,14). The zero-order valence-electron chi connectivity index (χ0n) is 8.62.